The van der Waals surface area contributed by atoms with Gasteiger partial charge in [-0.25, -0.2) is 4.98 Å². The van der Waals surface area contributed by atoms with E-state index in [0.717, 1.165) is 67.8 Å². The molecule has 0 atom stereocenters. The summed E-state index contributed by atoms with van der Waals surface area (Å²) in [4.78, 5) is 14.5. The van der Waals surface area contributed by atoms with Crippen molar-refractivity contribution in [1.82, 2.24) is 14.9 Å². The highest BCUT2D eigenvalue weighted by molar-refractivity contribution is 5.93. The minimum atomic E-state index is 0.0608. The number of nitrogens with zero attached hydrogens (tertiary/aromatic N) is 4. The van der Waals surface area contributed by atoms with E-state index in [0.29, 0.717) is 36.4 Å². The van der Waals surface area contributed by atoms with Crippen molar-refractivity contribution >= 4 is 22.7 Å². The van der Waals surface area contributed by atoms with E-state index in [1.54, 1.807) is 20.3 Å². The number of aromatic hydroxyl groups is 1. The Labute approximate surface area is 229 Å². The van der Waals surface area contributed by atoms with Gasteiger partial charge in [0, 0.05) is 56.3 Å². The molecule has 39 heavy (non-hydrogen) atoms. The van der Waals surface area contributed by atoms with Crippen LogP contribution in [0.25, 0.3) is 10.9 Å². The summed E-state index contributed by atoms with van der Waals surface area (Å²) in [7, 11) is 3.27. The fraction of sp³-hybridized carbons (Fsp3) is 0.517. The number of morpholine rings is 1. The van der Waals surface area contributed by atoms with Crippen molar-refractivity contribution in [3.63, 3.8) is 0 Å². The first-order valence-corrected chi connectivity index (χ1v) is 13.7. The fourth-order valence-electron chi connectivity index (χ4n) is 5.27. The van der Waals surface area contributed by atoms with Gasteiger partial charge in [-0.15, -0.1) is 0 Å². The Hall–Kier alpha value is -3.50. The summed E-state index contributed by atoms with van der Waals surface area (Å²) in [6.45, 7) is 9.50. The predicted octanol–water partition coefficient (Wildman–Crippen LogP) is 4.05. The summed E-state index contributed by atoms with van der Waals surface area (Å²) in [5, 5.41) is 14.7. The molecule has 0 radical (unpaired) electrons. The van der Waals surface area contributed by atoms with E-state index in [9.17, 15) is 5.11 Å². The summed E-state index contributed by atoms with van der Waals surface area (Å²) in [6.07, 6.45) is 1.99. The average molecular weight is 538 g/mol. The molecular formula is C29H39N5O5. The van der Waals surface area contributed by atoms with Crippen LogP contribution in [0.3, 0.4) is 0 Å². The van der Waals surface area contributed by atoms with Crippen LogP contribution in [0.2, 0.25) is 0 Å². The maximum Gasteiger partial charge on any atom is 0.225 e. The summed E-state index contributed by atoms with van der Waals surface area (Å²) < 4.78 is 22.5. The van der Waals surface area contributed by atoms with Crippen LogP contribution in [-0.4, -0.2) is 85.7 Å². The molecule has 0 amide bonds. The van der Waals surface area contributed by atoms with Crippen LogP contribution in [0.1, 0.15) is 32.3 Å². The van der Waals surface area contributed by atoms with Crippen LogP contribution in [0.4, 0.5) is 11.8 Å². The quantitative estimate of drug-likeness (QED) is 0.416. The first kappa shape index (κ1) is 27.1. The molecule has 0 unspecified atom stereocenters. The molecule has 2 fully saturated rings. The summed E-state index contributed by atoms with van der Waals surface area (Å²) >= 11 is 0. The number of phenols is 1. The van der Waals surface area contributed by atoms with Crippen LogP contribution in [0.15, 0.2) is 30.3 Å². The van der Waals surface area contributed by atoms with E-state index in [1.165, 1.54) is 0 Å². The lowest BCUT2D eigenvalue weighted by atomic mass is 10.0. The molecule has 0 saturated carbocycles. The number of likely N-dealkylation sites (tertiary alicyclic amines) is 1. The SMILES string of the molecule is COc1cc2nc(NC3CCN(Cc4cc(O)cc(OC(C)C)c4)CC3)nc(N3CCOCC3)c2cc1OC. The number of anilines is 2. The Bertz CT molecular complexity index is 1270. The molecule has 2 saturated heterocycles. The molecule has 0 aliphatic carbocycles. The van der Waals surface area contributed by atoms with Gasteiger partial charge in [-0.1, -0.05) is 0 Å². The van der Waals surface area contributed by atoms with E-state index < -0.39 is 0 Å². The van der Waals surface area contributed by atoms with Gasteiger partial charge in [0.05, 0.1) is 39.1 Å². The molecule has 3 heterocycles. The molecule has 0 bridgehead atoms. The molecule has 10 heteroatoms. The predicted molar refractivity (Wildman–Crippen MR) is 151 cm³/mol. The summed E-state index contributed by atoms with van der Waals surface area (Å²) in [5.41, 5.74) is 1.86. The van der Waals surface area contributed by atoms with Gasteiger partial charge in [0.25, 0.3) is 0 Å². The topological polar surface area (TPSA) is 101 Å². The lowest BCUT2D eigenvalue weighted by molar-refractivity contribution is 0.122. The summed E-state index contributed by atoms with van der Waals surface area (Å²) in [6, 6.07) is 9.64. The Morgan fingerprint density at radius 1 is 0.974 bits per heavy atom. The maximum absolute atomic E-state index is 10.1. The van der Waals surface area contributed by atoms with Crippen molar-refractivity contribution in [3.8, 4) is 23.0 Å². The van der Waals surface area contributed by atoms with Crippen LogP contribution in [-0.2, 0) is 11.3 Å². The van der Waals surface area contributed by atoms with Gasteiger partial charge in [0.2, 0.25) is 5.95 Å². The molecule has 2 N–H and O–H groups in total. The Balaban J connectivity index is 1.29. The second-order valence-corrected chi connectivity index (χ2v) is 10.4. The average Bonchev–Trinajstić information content (AvgIpc) is 2.92. The summed E-state index contributed by atoms with van der Waals surface area (Å²) in [5.74, 6) is 3.75. The van der Waals surface area contributed by atoms with E-state index in [1.807, 2.05) is 38.1 Å². The van der Waals surface area contributed by atoms with E-state index in [-0.39, 0.29) is 17.9 Å². The molecule has 210 valence electrons. The van der Waals surface area contributed by atoms with Gasteiger partial charge in [0.1, 0.15) is 17.3 Å². The number of methoxy groups -OCH3 is 2. The Morgan fingerprint density at radius 3 is 2.38 bits per heavy atom. The number of aromatic nitrogens is 2. The monoisotopic (exact) mass is 537 g/mol. The number of hydrogen-bond acceptors (Lipinski definition) is 10. The molecule has 3 aromatic rings. The maximum atomic E-state index is 10.1. The Kier molecular flexibility index (Phi) is 8.42. The third-order valence-electron chi connectivity index (χ3n) is 7.14. The second-order valence-electron chi connectivity index (χ2n) is 10.4. The van der Waals surface area contributed by atoms with Crippen molar-refractivity contribution < 1.29 is 24.1 Å². The second kappa shape index (κ2) is 12.1. The van der Waals surface area contributed by atoms with Gasteiger partial charge < -0.3 is 34.3 Å². The number of nitrogens with one attached hydrogen (secondary N) is 1. The minimum Gasteiger partial charge on any atom is -0.508 e. The molecule has 2 aliphatic heterocycles. The number of phenolic OH excluding ortho intramolecular Hbond substituents is 1. The minimum absolute atomic E-state index is 0.0608. The van der Waals surface area contributed by atoms with Crippen molar-refractivity contribution in [3.05, 3.63) is 35.9 Å². The molecule has 2 aromatic carbocycles. The van der Waals surface area contributed by atoms with Crippen molar-refractivity contribution in [1.29, 1.82) is 0 Å². The highest BCUT2D eigenvalue weighted by Crippen LogP contribution is 2.36. The van der Waals surface area contributed by atoms with Gasteiger partial charge in [-0.2, -0.15) is 4.98 Å². The number of ether oxygens (including phenoxy) is 4. The third-order valence-corrected chi connectivity index (χ3v) is 7.14. The third kappa shape index (κ3) is 6.57. The van der Waals surface area contributed by atoms with Gasteiger partial charge in [-0.3, -0.25) is 4.90 Å². The molecule has 10 nitrogen and oxygen atoms in total. The van der Waals surface area contributed by atoms with Crippen LogP contribution >= 0.6 is 0 Å². The van der Waals surface area contributed by atoms with Gasteiger partial charge in [0.15, 0.2) is 11.5 Å². The molecule has 2 aliphatic rings. The van der Waals surface area contributed by atoms with Gasteiger partial charge in [-0.05, 0) is 50.5 Å². The number of benzene rings is 2. The molecular weight excluding hydrogens is 498 g/mol. The number of rotatable bonds is 9. The Morgan fingerprint density at radius 2 is 1.69 bits per heavy atom. The van der Waals surface area contributed by atoms with Crippen LogP contribution in [0.5, 0.6) is 23.0 Å². The fourth-order valence-corrected chi connectivity index (χ4v) is 5.27. The van der Waals surface area contributed by atoms with Crippen molar-refractivity contribution in [2.24, 2.45) is 0 Å². The van der Waals surface area contributed by atoms with E-state index >= 15 is 0 Å². The number of fused-ring (bicyclic) bond motifs is 1. The zero-order chi connectivity index (χ0) is 27.4. The standard InChI is InChI=1S/C29H39N5O5/c1-19(2)39-23-14-20(13-22(35)15-23)18-33-7-5-21(6-8-33)30-29-31-25-17-27(37-4)26(36-3)16-24(25)28(32-29)34-9-11-38-12-10-34/h13-17,19,21,35H,5-12,18H2,1-4H3,(H,30,31,32). The first-order valence-electron chi connectivity index (χ1n) is 13.7. The van der Waals surface area contributed by atoms with Crippen LogP contribution < -0.4 is 24.4 Å². The largest absolute Gasteiger partial charge is 0.508 e. The van der Waals surface area contributed by atoms with E-state index in [4.69, 9.17) is 28.9 Å². The molecule has 5 rings (SSSR count). The normalized spacial score (nSPS) is 17.0. The zero-order valence-corrected chi connectivity index (χ0v) is 23.3. The van der Waals surface area contributed by atoms with Crippen molar-refractivity contribution in [2.45, 2.75) is 45.4 Å². The number of hydrogen-bond donors (Lipinski definition) is 2. The molecule has 0 spiro atoms. The zero-order valence-electron chi connectivity index (χ0n) is 23.3. The molecule has 1 aromatic heterocycles. The van der Waals surface area contributed by atoms with Gasteiger partial charge >= 0.3 is 0 Å². The lowest BCUT2D eigenvalue weighted by Crippen LogP contribution is -2.39. The van der Waals surface area contributed by atoms with Crippen molar-refractivity contribution in [2.75, 3.05) is 63.8 Å². The highest BCUT2D eigenvalue weighted by Gasteiger charge is 2.23. The smallest absolute Gasteiger partial charge is 0.225 e. The lowest BCUT2D eigenvalue weighted by Gasteiger charge is -2.33. The highest BCUT2D eigenvalue weighted by atomic mass is 16.5. The van der Waals surface area contributed by atoms with E-state index in [2.05, 4.69) is 15.1 Å². The number of piperidine rings is 1. The van der Waals surface area contributed by atoms with Crippen LogP contribution in [0, 0.1) is 0 Å². The first-order chi connectivity index (χ1) is 18.9.